The van der Waals surface area contributed by atoms with Crippen LogP contribution in [0, 0.1) is 5.92 Å². The van der Waals surface area contributed by atoms with Crippen molar-refractivity contribution in [3.63, 3.8) is 0 Å². The van der Waals surface area contributed by atoms with E-state index < -0.39 is 28.7 Å². The zero-order chi connectivity index (χ0) is 31.5. The third kappa shape index (κ3) is 5.98. The second-order valence-electron chi connectivity index (χ2n) is 11.7. The highest BCUT2D eigenvalue weighted by Crippen LogP contribution is 2.48. The average molecular weight is 627 g/mol. The molecule has 0 spiro atoms. The fraction of sp³-hybridized carbons (Fsp3) is 0.429. The Morgan fingerprint density at radius 2 is 1.52 bits per heavy atom. The number of amides is 1. The summed E-state index contributed by atoms with van der Waals surface area (Å²) >= 11 is 5.90. The number of hydrogen-bond donors (Lipinski definition) is 0. The predicted molar refractivity (Wildman–Crippen MR) is 164 cm³/mol. The molecule has 44 heavy (non-hydrogen) atoms. The molecule has 0 radical (unpaired) electrons. The van der Waals surface area contributed by atoms with E-state index in [1.807, 2.05) is 72.5 Å². The van der Waals surface area contributed by atoms with E-state index in [2.05, 4.69) is 4.90 Å². The molecule has 0 N–H and O–H groups in total. The number of carbonyl (C=O) groups excluding carboxylic acids is 2. The lowest BCUT2D eigenvalue weighted by atomic mass is 9.66. The van der Waals surface area contributed by atoms with Crippen LogP contribution in [0.5, 0.6) is 0 Å². The predicted octanol–water partition coefficient (Wildman–Crippen LogP) is 7.46. The average Bonchev–Trinajstić information content (AvgIpc) is 3.32. The molecule has 0 aromatic heterocycles. The van der Waals surface area contributed by atoms with Gasteiger partial charge in [0.05, 0.1) is 10.6 Å². The van der Waals surface area contributed by atoms with E-state index in [1.54, 1.807) is 6.92 Å². The van der Waals surface area contributed by atoms with Crippen molar-refractivity contribution in [1.82, 2.24) is 9.80 Å². The standard InChI is InChI=1S/C35H38ClF3N2O3/c1-3-31(42)44-33(27-15-16-30(36)29(23-27)35(37,38)39)18-21-40(22-19-33)20-17-28-24-41(4-2)32(43)34(28,25-11-7-5-8-12-25)26-13-9-6-10-14-26/h5-16,23,28H,3-4,17-22,24H2,1-2H3. The van der Waals surface area contributed by atoms with Crippen LogP contribution in [0.2, 0.25) is 5.02 Å². The Morgan fingerprint density at radius 3 is 2.05 bits per heavy atom. The van der Waals surface area contributed by atoms with Crippen molar-refractivity contribution < 1.29 is 27.5 Å². The van der Waals surface area contributed by atoms with Gasteiger partial charge in [0.15, 0.2) is 0 Å². The molecular formula is C35H38ClF3N2O3. The van der Waals surface area contributed by atoms with E-state index in [9.17, 15) is 22.8 Å². The summed E-state index contributed by atoms with van der Waals surface area (Å²) in [5.74, 6) is -0.341. The normalized spacial score (nSPS) is 20.1. The lowest BCUT2D eigenvalue weighted by Crippen LogP contribution is -2.47. The molecule has 1 unspecified atom stereocenters. The number of esters is 1. The summed E-state index contributed by atoms with van der Waals surface area (Å²) in [6, 6.07) is 23.8. The van der Waals surface area contributed by atoms with Crippen LogP contribution in [0.15, 0.2) is 78.9 Å². The number of likely N-dealkylation sites (N-methyl/N-ethyl adjacent to an activating group) is 1. The van der Waals surface area contributed by atoms with Gasteiger partial charge in [-0.2, -0.15) is 13.2 Å². The maximum Gasteiger partial charge on any atom is 0.417 e. The molecule has 2 saturated heterocycles. The van der Waals surface area contributed by atoms with E-state index in [0.717, 1.165) is 23.6 Å². The molecule has 1 amide bonds. The Morgan fingerprint density at radius 1 is 0.932 bits per heavy atom. The number of hydrogen-bond acceptors (Lipinski definition) is 4. The van der Waals surface area contributed by atoms with Crippen LogP contribution in [0.1, 0.15) is 61.8 Å². The summed E-state index contributed by atoms with van der Waals surface area (Å²) < 4.78 is 47.1. The molecule has 0 saturated carbocycles. The molecule has 2 heterocycles. The summed E-state index contributed by atoms with van der Waals surface area (Å²) in [7, 11) is 0. The van der Waals surface area contributed by atoms with Crippen LogP contribution < -0.4 is 0 Å². The van der Waals surface area contributed by atoms with Crippen LogP contribution in [0.4, 0.5) is 13.2 Å². The number of piperidine rings is 1. The van der Waals surface area contributed by atoms with E-state index in [1.165, 1.54) is 12.1 Å². The first-order valence-electron chi connectivity index (χ1n) is 15.3. The molecule has 3 aromatic carbocycles. The Labute approximate surface area is 261 Å². The molecule has 5 rings (SSSR count). The lowest BCUT2D eigenvalue weighted by Gasteiger charge is -2.42. The lowest BCUT2D eigenvalue weighted by molar-refractivity contribution is -0.166. The Kier molecular flexibility index (Phi) is 9.42. The van der Waals surface area contributed by atoms with Crippen molar-refractivity contribution in [2.75, 3.05) is 32.7 Å². The molecule has 1 atom stereocenters. The Balaban J connectivity index is 1.40. The number of benzene rings is 3. The molecule has 3 aromatic rings. The molecular weight excluding hydrogens is 589 g/mol. The maximum absolute atomic E-state index is 14.2. The van der Waals surface area contributed by atoms with Crippen LogP contribution in [-0.4, -0.2) is 54.4 Å². The zero-order valence-electron chi connectivity index (χ0n) is 25.1. The van der Waals surface area contributed by atoms with Gasteiger partial charge in [-0.15, -0.1) is 0 Å². The fourth-order valence-corrected chi connectivity index (χ4v) is 7.24. The molecule has 0 aliphatic carbocycles. The van der Waals surface area contributed by atoms with Gasteiger partial charge < -0.3 is 14.5 Å². The number of ether oxygens (including phenoxy) is 1. The minimum Gasteiger partial charge on any atom is -0.454 e. The van der Waals surface area contributed by atoms with E-state index >= 15 is 0 Å². The molecule has 2 aliphatic rings. The number of halogens is 4. The highest BCUT2D eigenvalue weighted by atomic mass is 35.5. The van der Waals surface area contributed by atoms with Gasteiger partial charge in [-0.1, -0.05) is 85.3 Å². The van der Waals surface area contributed by atoms with Gasteiger partial charge in [-0.25, -0.2) is 0 Å². The van der Waals surface area contributed by atoms with Gasteiger partial charge in [0.2, 0.25) is 5.91 Å². The molecule has 9 heteroatoms. The number of nitrogens with zero attached hydrogens (tertiary/aromatic N) is 2. The van der Waals surface area contributed by atoms with E-state index in [-0.39, 0.29) is 23.3 Å². The van der Waals surface area contributed by atoms with Gasteiger partial charge in [0.1, 0.15) is 11.0 Å². The van der Waals surface area contributed by atoms with Gasteiger partial charge in [-0.05, 0) is 48.7 Å². The summed E-state index contributed by atoms with van der Waals surface area (Å²) in [6.45, 7) is 6.68. The van der Waals surface area contributed by atoms with Crippen molar-refractivity contribution in [3.8, 4) is 0 Å². The molecule has 0 bridgehead atoms. The second kappa shape index (κ2) is 12.9. The first kappa shape index (κ1) is 32.0. The molecule has 234 valence electrons. The summed E-state index contributed by atoms with van der Waals surface area (Å²) in [5, 5.41) is -0.386. The minimum absolute atomic E-state index is 0.00922. The van der Waals surface area contributed by atoms with Crippen LogP contribution in [0.3, 0.4) is 0 Å². The maximum atomic E-state index is 14.2. The number of likely N-dealkylation sites (tertiary alicyclic amines) is 2. The smallest absolute Gasteiger partial charge is 0.417 e. The van der Waals surface area contributed by atoms with Crippen molar-refractivity contribution in [1.29, 1.82) is 0 Å². The number of carbonyl (C=O) groups is 2. The zero-order valence-corrected chi connectivity index (χ0v) is 25.8. The van der Waals surface area contributed by atoms with Gasteiger partial charge in [-0.3, -0.25) is 9.59 Å². The minimum atomic E-state index is -4.63. The van der Waals surface area contributed by atoms with Crippen molar-refractivity contribution in [3.05, 3.63) is 106 Å². The number of rotatable bonds is 9. The van der Waals surface area contributed by atoms with E-state index in [4.69, 9.17) is 16.3 Å². The van der Waals surface area contributed by atoms with Crippen molar-refractivity contribution >= 4 is 23.5 Å². The van der Waals surface area contributed by atoms with Crippen LogP contribution in [0.25, 0.3) is 0 Å². The second-order valence-corrected chi connectivity index (χ2v) is 12.1. The Hall–Kier alpha value is -3.36. The highest BCUT2D eigenvalue weighted by Gasteiger charge is 2.55. The quantitative estimate of drug-likeness (QED) is 0.231. The topological polar surface area (TPSA) is 49.9 Å². The van der Waals surface area contributed by atoms with Crippen molar-refractivity contribution in [2.45, 2.75) is 56.7 Å². The first-order chi connectivity index (χ1) is 21.0. The number of alkyl halides is 3. The van der Waals surface area contributed by atoms with Crippen LogP contribution >= 0.6 is 11.6 Å². The van der Waals surface area contributed by atoms with E-state index in [0.29, 0.717) is 51.1 Å². The summed E-state index contributed by atoms with van der Waals surface area (Å²) in [6.07, 6.45) is -3.06. The van der Waals surface area contributed by atoms with Gasteiger partial charge in [0, 0.05) is 51.4 Å². The molecule has 2 fully saturated rings. The molecule has 2 aliphatic heterocycles. The summed E-state index contributed by atoms with van der Waals surface area (Å²) in [5.41, 5.74) is -0.659. The molecule has 5 nitrogen and oxygen atoms in total. The first-order valence-corrected chi connectivity index (χ1v) is 15.6. The fourth-order valence-electron chi connectivity index (χ4n) is 7.02. The summed E-state index contributed by atoms with van der Waals surface area (Å²) in [4.78, 5) is 30.9. The van der Waals surface area contributed by atoms with Gasteiger partial charge in [0.25, 0.3) is 0 Å². The van der Waals surface area contributed by atoms with Gasteiger partial charge >= 0.3 is 12.1 Å². The van der Waals surface area contributed by atoms with Crippen molar-refractivity contribution in [2.24, 2.45) is 5.92 Å². The SMILES string of the molecule is CCC(=O)OC1(c2ccc(Cl)c(C(F)(F)F)c2)CCN(CCC2CN(CC)C(=O)C2(c2ccccc2)c2ccccc2)CC1. The Bertz CT molecular complexity index is 1420. The van der Waals surface area contributed by atoms with Crippen LogP contribution in [-0.2, 0) is 31.5 Å². The third-order valence-electron chi connectivity index (χ3n) is 9.37. The largest absolute Gasteiger partial charge is 0.454 e. The highest BCUT2D eigenvalue weighted by molar-refractivity contribution is 6.31. The monoisotopic (exact) mass is 626 g/mol. The third-order valence-corrected chi connectivity index (χ3v) is 9.70.